The summed E-state index contributed by atoms with van der Waals surface area (Å²) in [7, 11) is 6.09. The second-order valence-corrected chi connectivity index (χ2v) is 3.58. The lowest BCUT2D eigenvalue weighted by Crippen LogP contribution is -2.52. The fourth-order valence-corrected chi connectivity index (χ4v) is 1.44. The molecule has 10 heavy (non-hydrogen) atoms. The first-order chi connectivity index (χ1) is 4.65. The van der Waals surface area contributed by atoms with Crippen LogP contribution in [-0.4, -0.2) is 19.8 Å². The predicted octanol–water partition coefficient (Wildman–Crippen LogP) is 1.28. The van der Waals surface area contributed by atoms with E-state index in [4.69, 9.17) is 7.85 Å². The molecule has 1 nitrogen and oxygen atoms in total. The van der Waals surface area contributed by atoms with E-state index in [2.05, 4.69) is 19.2 Å². The second-order valence-electron chi connectivity index (χ2n) is 3.58. The van der Waals surface area contributed by atoms with Gasteiger partial charge in [-0.25, -0.2) is 0 Å². The molecule has 0 bridgehead atoms. The Balaban J connectivity index is 2.48. The van der Waals surface area contributed by atoms with Gasteiger partial charge in [0.05, 0.1) is 7.85 Å². The minimum absolute atomic E-state index is 0.0712. The molecule has 1 atom stereocenters. The van der Waals surface area contributed by atoms with E-state index in [1.54, 1.807) is 0 Å². The highest BCUT2D eigenvalue weighted by atomic mass is 15.0. The van der Waals surface area contributed by atoms with Gasteiger partial charge < -0.3 is 5.32 Å². The minimum Gasteiger partial charge on any atom is -0.319 e. The summed E-state index contributed by atoms with van der Waals surface area (Å²) in [5.74, 6) is 0.549. The summed E-state index contributed by atoms with van der Waals surface area (Å²) in [5.41, 5.74) is -0.0712. The Morgan fingerprint density at radius 3 is 2.40 bits per heavy atom. The first-order valence-electron chi connectivity index (χ1n) is 4.19. The van der Waals surface area contributed by atoms with Crippen LogP contribution in [0.25, 0.3) is 0 Å². The van der Waals surface area contributed by atoms with Crippen LogP contribution in [0.3, 0.4) is 0 Å². The van der Waals surface area contributed by atoms with E-state index >= 15 is 0 Å². The summed E-state index contributed by atoms with van der Waals surface area (Å²) in [6.45, 7) is 5.45. The van der Waals surface area contributed by atoms with Gasteiger partial charge in [-0.15, -0.1) is 0 Å². The molecule has 0 aromatic heterocycles. The van der Waals surface area contributed by atoms with Gasteiger partial charge in [-0.3, -0.25) is 0 Å². The Morgan fingerprint density at radius 2 is 2.10 bits per heavy atom. The van der Waals surface area contributed by atoms with Gasteiger partial charge in [-0.1, -0.05) is 20.3 Å². The van der Waals surface area contributed by atoms with Gasteiger partial charge in [-0.05, 0) is 30.7 Å². The Labute approximate surface area is 65.0 Å². The monoisotopic (exact) mass is 137 g/mol. The van der Waals surface area contributed by atoms with E-state index in [-0.39, 0.29) is 5.44 Å². The van der Waals surface area contributed by atoms with Crippen LogP contribution in [0.5, 0.6) is 0 Å². The molecule has 0 saturated carbocycles. The van der Waals surface area contributed by atoms with E-state index in [1.807, 2.05) is 0 Å². The van der Waals surface area contributed by atoms with E-state index in [1.165, 1.54) is 12.8 Å². The lowest BCUT2D eigenvalue weighted by molar-refractivity contribution is 0.280. The fourth-order valence-electron chi connectivity index (χ4n) is 1.44. The molecular weight excluding hydrogens is 121 g/mol. The lowest BCUT2D eigenvalue weighted by atomic mass is 9.65. The van der Waals surface area contributed by atoms with Crippen molar-refractivity contribution >= 4 is 7.85 Å². The van der Waals surface area contributed by atoms with Gasteiger partial charge in [-0.2, -0.15) is 0 Å². The van der Waals surface area contributed by atoms with Gasteiger partial charge in [0.2, 0.25) is 0 Å². The number of hydrogen-bond donors (Lipinski definition) is 1. The van der Waals surface area contributed by atoms with Crippen molar-refractivity contribution in [1.82, 2.24) is 5.32 Å². The highest BCUT2D eigenvalue weighted by Crippen LogP contribution is 2.23. The third-order valence-corrected chi connectivity index (χ3v) is 2.50. The third kappa shape index (κ3) is 1.54. The minimum atomic E-state index is -0.0712. The van der Waals surface area contributed by atoms with Crippen LogP contribution in [0.4, 0.5) is 0 Å². The quantitative estimate of drug-likeness (QED) is 0.537. The van der Waals surface area contributed by atoms with Gasteiger partial charge in [0.25, 0.3) is 0 Å². The van der Waals surface area contributed by atoms with Crippen LogP contribution in [-0.2, 0) is 0 Å². The van der Waals surface area contributed by atoms with E-state index in [9.17, 15) is 0 Å². The van der Waals surface area contributed by atoms with Crippen molar-refractivity contribution in [1.29, 1.82) is 0 Å². The Kier molecular flexibility index (Phi) is 2.40. The zero-order valence-electron chi connectivity index (χ0n) is 6.98. The summed E-state index contributed by atoms with van der Waals surface area (Å²) in [4.78, 5) is 0. The highest BCUT2D eigenvalue weighted by molar-refractivity contribution is 6.15. The molecule has 1 N–H and O–H groups in total. The molecule has 0 aromatic rings. The first kappa shape index (κ1) is 8.12. The van der Waals surface area contributed by atoms with Gasteiger partial charge >= 0.3 is 0 Å². The van der Waals surface area contributed by atoms with Crippen LogP contribution < -0.4 is 5.32 Å². The molecule has 1 fully saturated rings. The van der Waals surface area contributed by atoms with Crippen LogP contribution in [0.2, 0.25) is 0 Å². The molecule has 1 heterocycles. The summed E-state index contributed by atoms with van der Waals surface area (Å²) in [6.07, 6.45) is 3.69. The Morgan fingerprint density at radius 1 is 1.40 bits per heavy atom. The normalized spacial score (nSPS) is 34.7. The molecular formula is C8H16BN. The predicted molar refractivity (Wildman–Crippen MR) is 45.2 cm³/mol. The average molecular weight is 137 g/mol. The summed E-state index contributed by atoms with van der Waals surface area (Å²) < 4.78 is 0. The van der Waals surface area contributed by atoms with Gasteiger partial charge in [0.15, 0.2) is 0 Å². The molecule has 0 spiro atoms. The smallest absolute Gasteiger partial charge is 0.0957 e. The molecule has 0 amide bonds. The summed E-state index contributed by atoms with van der Waals surface area (Å²) in [6, 6.07) is 0. The largest absolute Gasteiger partial charge is 0.319 e. The van der Waals surface area contributed by atoms with Gasteiger partial charge in [0.1, 0.15) is 0 Å². The molecule has 1 saturated heterocycles. The van der Waals surface area contributed by atoms with E-state index in [0.29, 0.717) is 5.92 Å². The summed E-state index contributed by atoms with van der Waals surface area (Å²) in [5, 5.41) is 3.37. The lowest BCUT2D eigenvalue weighted by Gasteiger charge is -2.39. The molecule has 0 aromatic carbocycles. The molecule has 1 aliphatic heterocycles. The molecule has 2 radical (unpaired) electrons. The van der Waals surface area contributed by atoms with Crippen LogP contribution in [0.15, 0.2) is 0 Å². The SMILES string of the molecule is [B][C@@]1(C(C)C)CCCCN1. The van der Waals surface area contributed by atoms with Crippen molar-refractivity contribution in [3.05, 3.63) is 0 Å². The first-order valence-corrected chi connectivity index (χ1v) is 4.19. The topological polar surface area (TPSA) is 12.0 Å². The standard InChI is InChI=1S/C8H16BN/c1-7(2)8(9)5-3-4-6-10-8/h7,10H,3-6H2,1-2H3/t8-/m0/s1. The maximum Gasteiger partial charge on any atom is 0.0957 e. The Bertz CT molecular complexity index is 106. The van der Waals surface area contributed by atoms with Crippen molar-refractivity contribution in [2.45, 2.75) is 38.5 Å². The number of hydrogen-bond acceptors (Lipinski definition) is 1. The van der Waals surface area contributed by atoms with Crippen molar-refractivity contribution in [2.24, 2.45) is 5.92 Å². The van der Waals surface area contributed by atoms with Crippen LogP contribution in [0, 0.1) is 5.92 Å². The van der Waals surface area contributed by atoms with Crippen molar-refractivity contribution < 1.29 is 0 Å². The molecule has 1 rings (SSSR count). The van der Waals surface area contributed by atoms with Crippen molar-refractivity contribution in [3.63, 3.8) is 0 Å². The zero-order chi connectivity index (χ0) is 7.61. The third-order valence-electron chi connectivity index (χ3n) is 2.50. The van der Waals surface area contributed by atoms with Crippen molar-refractivity contribution in [2.75, 3.05) is 6.54 Å². The molecule has 1 aliphatic rings. The second kappa shape index (κ2) is 2.95. The molecule has 0 unspecified atom stereocenters. The van der Waals surface area contributed by atoms with Crippen LogP contribution >= 0.6 is 0 Å². The van der Waals surface area contributed by atoms with E-state index < -0.39 is 0 Å². The van der Waals surface area contributed by atoms with Gasteiger partial charge in [0, 0.05) is 0 Å². The highest BCUT2D eigenvalue weighted by Gasteiger charge is 2.28. The maximum atomic E-state index is 6.09. The van der Waals surface area contributed by atoms with Crippen molar-refractivity contribution in [3.8, 4) is 0 Å². The summed E-state index contributed by atoms with van der Waals surface area (Å²) >= 11 is 0. The average Bonchev–Trinajstić information content (AvgIpc) is 1.89. The molecule has 0 aliphatic carbocycles. The number of rotatable bonds is 1. The number of nitrogens with one attached hydrogen (secondary N) is 1. The molecule has 56 valence electrons. The number of piperidine rings is 1. The van der Waals surface area contributed by atoms with Crippen LogP contribution in [0.1, 0.15) is 33.1 Å². The van der Waals surface area contributed by atoms with E-state index in [0.717, 1.165) is 13.0 Å². The zero-order valence-corrected chi connectivity index (χ0v) is 6.98. The maximum absolute atomic E-state index is 6.09. The Hall–Kier alpha value is 0.0249. The molecule has 2 heteroatoms. The fraction of sp³-hybridized carbons (Fsp3) is 1.00.